The standard InChI is InChI=1S/C14H22N2O3/c1-3-13(10-19-2)16-14(18)15-8-11-6-4-5-7-12(11)9-17/h4-7,13,17H,3,8-10H2,1-2H3,(H2,15,16,18). The maximum absolute atomic E-state index is 11.7. The number of aliphatic hydroxyl groups is 1. The fraction of sp³-hybridized carbons (Fsp3) is 0.500. The molecule has 1 aromatic rings. The van der Waals surface area contributed by atoms with Crippen LogP contribution in [0.1, 0.15) is 24.5 Å². The van der Waals surface area contributed by atoms with Crippen LogP contribution in [0.3, 0.4) is 0 Å². The summed E-state index contributed by atoms with van der Waals surface area (Å²) in [6.45, 7) is 2.86. The largest absolute Gasteiger partial charge is 0.392 e. The van der Waals surface area contributed by atoms with E-state index in [1.165, 1.54) is 0 Å². The second-order valence-corrected chi connectivity index (χ2v) is 4.31. The van der Waals surface area contributed by atoms with Crippen LogP contribution in [0, 0.1) is 0 Å². The molecule has 0 saturated heterocycles. The van der Waals surface area contributed by atoms with Crippen molar-refractivity contribution in [1.29, 1.82) is 0 Å². The molecule has 0 fully saturated rings. The molecule has 1 rings (SSSR count). The van der Waals surface area contributed by atoms with Crippen molar-refractivity contribution in [3.8, 4) is 0 Å². The third kappa shape index (κ3) is 5.28. The number of benzene rings is 1. The molecule has 0 aromatic heterocycles. The van der Waals surface area contributed by atoms with Gasteiger partial charge in [-0.1, -0.05) is 31.2 Å². The molecule has 0 aliphatic heterocycles. The van der Waals surface area contributed by atoms with Crippen molar-refractivity contribution in [1.82, 2.24) is 10.6 Å². The van der Waals surface area contributed by atoms with Crippen LogP contribution in [-0.2, 0) is 17.9 Å². The molecule has 0 radical (unpaired) electrons. The first kappa shape index (κ1) is 15.5. The second kappa shape index (κ2) is 8.50. The molecule has 0 heterocycles. The van der Waals surface area contributed by atoms with E-state index < -0.39 is 0 Å². The number of urea groups is 1. The van der Waals surface area contributed by atoms with Gasteiger partial charge in [-0.3, -0.25) is 0 Å². The summed E-state index contributed by atoms with van der Waals surface area (Å²) >= 11 is 0. The van der Waals surface area contributed by atoms with Gasteiger partial charge < -0.3 is 20.5 Å². The molecule has 0 saturated carbocycles. The Morgan fingerprint density at radius 3 is 2.63 bits per heavy atom. The number of carbonyl (C=O) groups is 1. The average molecular weight is 266 g/mol. The number of nitrogens with one attached hydrogen (secondary N) is 2. The van der Waals surface area contributed by atoms with Gasteiger partial charge in [0.2, 0.25) is 0 Å². The number of rotatable bonds is 7. The van der Waals surface area contributed by atoms with Crippen molar-refractivity contribution < 1.29 is 14.6 Å². The predicted octanol–water partition coefficient (Wildman–Crippen LogP) is 1.40. The van der Waals surface area contributed by atoms with E-state index in [0.29, 0.717) is 13.2 Å². The molecular weight excluding hydrogens is 244 g/mol. The minimum atomic E-state index is -0.225. The smallest absolute Gasteiger partial charge is 0.315 e. The zero-order valence-electron chi connectivity index (χ0n) is 11.5. The van der Waals surface area contributed by atoms with Crippen molar-refractivity contribution in [2.24, 2.45) is 0 Å². The number of hydrogen-bond donors (Lipinski definition) is 3. The lowest BCUT2D eigenvalue weighted by Crippen LogP contribution is -2.43. The Balaban J connectivity index is 2.45. The van der Waals surface area contributed by atoms with Gasteiger partial charge in [-0.15, -0.1) is 0 Å². The lowest BCUT2D eigenvalue weighted by atomic mass is 10.1. The number of ether oxygens (including phenoxy) is 1. The summed E-state index contributed by atoms with van der Waals surface area (Å²) in [6, 6.07) is 7.26. The van der Waals surface area contributed by atoms with Crippen LogP contribution in [0.5, 0.6) is 0 Å². The molecule has 0 aliphatic rings. The highest BCUT2D eigenvalue weighted by Crippen LogP contribution is 2.07. The maximum Gasteiger partial charge on any atom is 0.315 e. The molecule has 1 atom stereocenters. The molecule has 3 N–H and O–H groups in total. The van der Waals surface area contributed by atoms with Crippen LogP contribution in [0.15, 0.2) is 24.3 Å². The molecule has 2 amide bonds. The zero-order valence-corrected chi connectivity index (χ0v) is 11.5. The minimum Gasteiger partial charge on any atom is -0.392 e. The molecule has 5 heteroatoms. The van der Waals surface area contributed by atoms with Crippen LogP contribution in [-0.4, -0.2) is 30.9 Å². The third-order valence-electron chi connectivity index (χ3n) is 2.92. The number of methoxy groups -OCH3 is 1. The quantitative estimate of drug-likeness (QED) is 0.698. The van der Waals surface area contributed by atoms with Crippen LogP contribution >= 0.6 is 0 Å². The molecule has 0 bridgehead atoms. The SMILES string of the molecule is CCC(COC)NC(=O)NCc1ccccc1CO. The van der Waals surface area contributed by atoms with E-state index in [1.54, 1.807) is 7.11 Å². The maximum atomic E-state index is 11.7. The first-order valence-electron chi connectivity index (χ1n) is 6.42. The number of aliphatic hydroxyl groups excluding tert-OH is 1. The van der Waals surface area contributed by atoms with Gasteiger partial charge in [0.1, 0.15) is 0 Å². The summed E-state index contributed by atoms with van der Waals surface area (Å²) in [4.78, 5) is 11.7. The van der Waals surface area contributed by atoms with E-state index in [2.05, 4.69) is 10.6 Å². The summed E-state index contributed by atoms with van der Waals surface area (Å²) in [7, 11) is 1.61. The van der Waals surface area contributed by atoms with Gasteiger partial charge in [0.05, 0.1) is 19.3 Å². The van der Waals surface area contributed by atoms with Gasteiger partial charge in [-0.05, 0) is 17.5 Å². The Labute approximate surface area is 114 Å². The molecule has 19 heavy (non-hydrogen) atoms. The lowest BCUT2D eigenvalue weighted by Gasteiger charge is -2.17. The van der Waals surface area contributed by atoms with Crippen molar-refractivity contribution in [3.63, 3.8) is 0 Å². The first-order valence-corrected chi connectivity index (χ1v) is 6.42. The third-order valence-corrected chi connectivity index (χ3v) is 2.92. The van der Waals surface area contributed by atoms with E-state index >= 15 is 0 Å². The van der Waals surface area contributed by atoms with Crippen molar-refractivity contribution in [2.75, 3.05) is 13.7 Å². The highest BCUT2D eigenvalue weighted by atomic mass is 16.5. The number of amides is 2. The van der Waals surface area contributed by atoms with Gasteiger partial charge in [-0.25, -0.2) is 4.79 Å². The van der Waals surface area contributed by atoms with Crippen molar-refractivity contribution in [3.05, 3.63) is 35.4 Å². The topological polar surface area (TPSA) is 70.6 Å². The predicted molar refractivity (Wildman–Crippen MR) is 73.7 cm³/mol. The Bertz CT molecular complexity index is 396. The van der Waals surface area contributed by atoms with E-state index in [1.807, 2.05) is 31.2 Å². The number of carbonyl (C=O) groups excluding carboxylic acids is 1. The first-order chi connectivity index (χ1) is 9.21. The molecule has 1 unspecified atom stereocenters. The molecule has 5 nitrogen and oxygen atoms in total. The van der Waals surface area contributed by atoms with Crippen molar-refractivity contribution >= 4 is 6.03 Å². The highest BCUT2D eigenvalue weighted by molar-refractivity contribution is 5.74. The summed E-state index contributed by atoms with van der Waals surface area (Å²) in [6.07, 6.45) is 0.814. The summed E-state index contributed by atoms with van der Waals surface area (Å²) in [5, 5.41) is 14.8. The minimum absolute atomic E-state index is 0.0121. The summed E-state index contributed by atoms with van der Waals surface area (Å²) < 4.78 is 5.02. The van der Waals surface area contributed by atoms with Crippen LogP contribution in [0.2, 0.25) is 0 Å². The molecular formula is C14H22N2O3. The monoisotopic (exact) mass is 266 g/mol. The van der Waals surface area contributed by atoms with Gasteiger partial charge in [0.25, 0.3) is 0 Å². The van der Waals surface area contributed by atoms with E-state index in [-0.39, 0.29) is 18.7 Å². The van der Waals surface area contributed by atoms with Crippen LogP contribution in [0.25, 0.3) is 0 Å². The van der Waals surface area contributed by atoms with Gasteiger partial charge in [0.15, 0.2) is 0 Å². The highest BCUT2D eigenvalue weighted by Gasteiger charge is 2.10. The van der Waals surface area contributed by atoms with Gasteiger partial charge >= 0.3 is 6.03 Å². The molecule has 0 aliphatic carbocycles. The van der Waals surface area contributed by atoms with E-state index in [0.717, 1.165) is 17.5 Å². The van der Waals surface area contributed by atoms with Gasteiger partial charge in [0, 0.05) is 13.7 Å². The van der Waals surface area contributed by atoms with Crippen molar-refractivity contribution in [2.45, 2.75) is 32.5 Å². The van der Waals surface area contributed by atoms with Crippen LogP contribution in [0.4, 0.5) is 4.79 Å². The molecule has 106 valence electrons. The van der Waals surface area contributed by atoms with E-state index in [9.17, 15) is 9.90 Å². The Morgan fingerprint density at radius 2 is 2.05 bits per heavy atom. The van der Waals surface area contributed by atoms with E-state index in [4.69, 9.17) is 4.74 Å². The molecule has 0 spiro atoms. The Kier molecular flexibility index (Phi) is 6.92. The number of hydrogen-bond acceptors (Lipinski definition) is 3. The Hall–Kier alpha value is -1.59. The summed E-state index contributed by atoms with van der Waals surface area (Å²) in [5.74, 6) is 0. The Morgan fingerprint density at radius 1 is 1.37 bits per heavy atom. The second-order valence-electron chi connectivity index (χ2n) is 4.31. The average Bonchev–Trinajstić information content (AvgIpc) is 2.44. The lowest BCUT2D eigenvalue weighted by molar-refractivity contribution is 0.163. The van der Waals surface area contributed by atoms with Crippen LogP contribution < -0.4 is 10.6 Å². The van der Waals surface area contributed by atoms with Gasteiger partial charge in [-0.2, -0.15) is 0 Å². The fourth-order valence-electron chi connectivity index (χ4n) is 1.76. The molecule has 1 aromatic carbocycles. The summed E-state index contributed by atoms with van der Waals surface area (Å²) in [5.41, 5.74) is 1.74. The fourth-order valence-corrected chi connectivity index (χ4v) is 1.76. The normalized spacial score (nSPS) is 11.9. The zero-order chi connectivity index (χ0) is 14.1.